The van der Waals surface area contributed by atoms with Gasteiger partial charge in [0.05, 0.1) is 25.4 Å². The lowest BCUT2D eigenvalue weighted by molar-refractivity contribution is -0.117. The van der Waals surface area contributed by atoms with Crippen LogP contribution in [0.3, 0.4) is 0 Å². The Labute approximate surface area is 183 Å². The summed E-state index contributed by atoms with van der Waals surface area (Å²) in [6, 6.07) is 12.1. The van der Waals surface area contributed by atoms with E-state index in [1.807, 2.05) is 38.1 Å². The maximum Gasteiger partial charge on any atom is 0.238 e. The van der Waals surface area contributed by atoms with Crippen molar-refractivity contribution in [3.05, 3.63) is 53.8 Å². The number of rotatable bonds is 9. The number of benzene rings is 2. The van der Waals surface area contributed by atoms with Crippen LogP contribution in [0.4, 0.5) is 10.1 Å². The van der Waals surface area contributed by atoms with Crippen molar-refractivity contribution < 1.29 is 18.7 Å². The number of carbonyl (C=O) groups is 1. The minimum atomic E-state index is -0.212. The fourth-order valence-corrected chi connectivity index (χ4v) is 3.73. The molecule has 168 valence electrons. The zero-order valence-electron chi connectivity index (χ0n) is 18.4. The second-order valence-electron chi connectivity index (χ2n) is 7.60. The van der Waals surface area contributed by atoms with Gasteiger partial charge in [0.2, 0.25) is 5.91 Å². The summed E-state index contributed by atoms with van der Waals surface area (Å²) < 4.78 is 24.3. The van der Waals surface area contributed by atoms with Gasteiger partial charge in [-0.2, -0.15) is 0 Å². The minimum absolute atomic E-state index is 0.0680. The quantitative estimate of drug-likeness (QED) is 0.658. The lowest BCUT2D eigenvalue weighted by Gasteiger charge is -2.22. The molecule has 1 heterocycles. The number of hydrogen-bond acceptors (Lipinski definition) is 5. The molecule has 0 bridgehead atoms. The fourth-order valence-electron chi connectivity index (χ4n) is 3.73. The van der Waals surface area contributed by atoms with Gasteiger partial charge in [-0.1, -0.05) is 12.1 Å². The van der Waals surface area contributed by atoms with Crippen molar-refractivity contribution in [2.45, 2.75) is 26.8 Å². The van der Waals surface area contributed by atoms with Gasteiger partial charge >= 0.3 is 0 Å². The smallest absolute Gasteiger partial charge is 0.238 e. The fraction of sp³-hybridized carbons (Fsp3) is 0.458. The van der Waals surface area contributed by atoms with E-state index >= 15 is 0 Å². The van der Waals surface area contributed by atoms with Gasteiger partial charge < -0.3 is 14.8 Å². The van der Waals surface area contributed by atoms with Gasteiger partial charge in [0.15, 0.2) is 0 Å². The van der Waals surface area contributed by atoms with E-state index in [-0.39, 0.29) is 11.7 Å². The molecule has 0 aliphatic carbocycles. The van der Waals surface area contributed by atoms with Crippen LogP contribution in [0.15, 0.2) is 42.5 Å². The summed E-state index contributed by atoms with van der Waals surface area (Å²) in [5.41, 5.74) is 1.73. The maximum atomic E-state index is 13.1. The molecule has 1 aliphatic rings. The number of amides is 1. The highest BCUT2D eigenvalue weighted by Crippen LogP contribution is 2.29. The standard InChI is InChI=1S/C24H32FN3O3/c1-3-30-21-10-11-23(31-4-2)22(16-21)26-24(29)18-28-13-5-12-27(14-15-28)17-19-6-8-20(25)9-7-19/h6-11,16H,3-5,12-15,17-18H2,1-2H3,(H,26,29). The van der Waals surface area contributed by atoms with Crippen LogP contribution in [0.5, 0.6) is 11.5 Å². The van der Waals surface area contributed by atoms with E-state index in [2.05, 4.69) is 15.1 Å². The van der Waals surface area contributed by atoms with Crippen molar-refractivity contribution in [3.8, 4) is 11.5 Å². The van der Waals surface area contributed by atoms with Crippen LogP contribution in [0, 0.1) is 5.82 Å². The largest absolute Gasteiger partial charge is 0.494 e. The average Bonchev–Trinajstić information content (AvgIpc) is 2.97. The summed E-state index contributed by atoms with van der Waals surface area (Å²) >= 11 is 0. The van der Waals surface area contributed by atoms with Gasteiger partial charge in [0.25, 0.3) is 0 Å². The highest BCUT2D eigenvalue weighted by Gasteiger charge is 2.18. The molecule has 2 aromatic rings. The zero-order chi connectivity index (χ0) is 22.1. The maximum absolute atomic E-state index is 13.1. The van der Waals surface area contributed by atoms with Crippen molar-refractivity contribution in [1.82, 2.24) is 9.80 Å². The number of ether oxygens (including phenoxy) is 2. The SMILES string of the molecule is CCOc1ccc(OCC)c(NC(=O)CN2CCCN(Cc3ccc(F)cc3)CC2)c1. The second kappa shape index (κ2) is 11.7. The molecule has 1 fully saturated rings. The number of anilines is 1. The average molecular weight is 430 g/mol. The highest BCUT2D eigenvalue weighted by atomic mass is 19.1. The van der Waals surface area contributed by atoms with Crippen LogP contribution in [-0.4, -0.2) is 61.6 Å². The third kappa shape index (κ3) is 7.22. The molecule has 6 nitrogen and oxygen atoms in total. The van der Waals surface area contributed by atoms with Crippen LogP contribution in [0.1, 0.15) is 25.8 Å². The number of nitrogens with zero attached hydrogens (tertiary/aromatic N) is 2. The topological polar surface area (TPSA) is 54.0 Å². The minimum Gasteiger partial charge on any atom is -0.494 e. The summed E-state index contributed by atoms with van der Waals surface area (Å²) in [5, 5.41) is 2.98. The molecule has 3 rings (SSSR count). The van der Waals surface area contributed by atoms with E-state index in [1.165, 1.54) is 12.1 Å². The summed E-state index contributed by atoms with van der Waals surface area (Å²) in [5.74, 6) is 1.06. The van der Waals surface area contributed by atoms with Gasteiger partial charge in [0.1, 0.15) is 17.3 Å². The third-order valence-corrected chi connectivity index (χ3v) is 5.20. The molecule has 0 aromatic heterocycles. The van der Waals surface area contributed by atoms with Crippen molar-refractivity contribution in [2.24, 2.45) is 0 Å². The first-order valence-electron chi connectivity index (χ1n) is 11.0. The number of carbonyl (C=O) groups excluding carboxylic acids is 1. The third-order valence-electron chi connectivity index (χ3n) is 5.20. The molecular formula is C24H32FN3O3. The van der Waals surface area contributed by atoms with E-state index in [9.17, 15) is 9.18 Å². The van der Waals surface area contributed by atoms with E-state index in [0.717, 1.165) is 44.7 Å². The van der Waals surface area contributed by atoms with Crippen molar-refractivity contribution in [2.75, 3.05) is 51.3 Å². The lowest BCUT2D eigenvalue weighted by atomic mass is 10.2. The summed E-state index contributed by atoms with van der Waals surface area (Å²) in [6.45, 7) is 9.55. The first-order chi connectivity index (χ1) is 15.1. The van der Waals surface area contributed by atoms with E-state index in [0.29, 0.717) is 36.9 Å². The number of nitrogens with one attached hydrogen (secondary N) is 1. The molecule has 0 spiro atoms. The van der Waals surface area contributed by atoms with Crippen LogP contribution in [-0.2, 0) is 11.3 Å². The summed E-state index contributed by atoms with van der Waals surface area (Å²) in [6.07, 6.45) is 0.985. The van der Waals surface area contributed by atoms with Crippen LogP contribution in [0.2, 0.25) is 0 Å². The highest BCUT2D eigenvalue weighted by molar-refractivity contribution is 5.94. The second-order valence-corrected chi connectivity index (χ2v) is 7.60. The van der Waals surface area contributed by atoms with Crippen molar-refractivity contribution in [3.63, 3.8) is 0 Å². The molecule has 2 aromatic carbocycles. The van der Waals surface area contributed by atoms with E-state index in [4.69, 9.17) is 9.47 Å². The molecule has 31 heavy (non-hydrogen) atoms. The zero-order valence-corrected chi connectivity index (χ0v) is 18.4. The van der Waals surface area contributed by atoms with Crippen LogP contribution >= 0.6 is 0 Å². The first kappa shape index (κ1) is 23.0. The van der Waals surface area contributed by atoms with E-state index in [1.54, 1.807) is 6.07 Å². The molecule has 0 radical (unpaired) electrons. The Balaban J connectivity index is 1.53. The Morgan fingerprint density at radius 3 is 2.42 bits per heavy atom. The predicted molar refractivity (Wildman–Crippen MR) is 120 cm³/mol. The summed E-state index contributed by atoms with van der Waals surface area (Å²) in [7, 11) is 0. The van der Waals surface area contributed by atoms with Crippen molar-refractivity contribution in [1.29, 1.82) is 0 Å². The molecule has 0 unspecified atom stereocenters. The lowest BCUT2D eigenvalue weighted by Crippen LogP contribution is -2.36. The number of hydrogen-bond donors (Lipinski definition) is 1. The molecule has 7 heteroatoms. The Kier molecular flexibility index (Phi) is 8.67. The molecule has 1 aliphatic heterocycles. The van der Waals surface area contributed by atoms with Crippen LogP contribution in [0.25, 0.3) is 0 Å². The normalized spacial score (nSPS) is 15.3. The first-order valence-corrected chi connectivity index (χ1v) is 11.0. The Morgan fingerprint density at radius 2 is 1.68 bits per heavy atom. The van der Waals surface area contributed by atoms with Gasteiger partial charge in [0, 0.05) is 25.7 Å². The summed E-state index contributed by atoms with van der Waals surface area (Å²) in [4.78, 5) is 17.2. The molecule has 1 amide bonds. The van der Waals surface area contributed by atoms with Gasteiger partial charge in [-0.15, -0.1) is 0 Å². The molecule has 0 atom stereocenters. The van der Waals surface area contributed by atoms with E-state index < -0.39 is 0 Å². The van der Waals surface area contributed by atoms with Gasteiger partial charge in [-0.25, -0.2) is 4.39 Å². The molecule has 1 saturated heterocycles. The molecule has 1 N–H and O–H groups in total. The predicted octanol–water partition coefficient (Wildman–Crippen LogP) is 3.77. The van der Waals surface area contributed by atoms with Crippen molar-refractivity contribution >= 4 is 11.6 Å². The number of halogens is 1. The van der Waals surface area contributed by atoms with Gasteiger partial charge in [-0.3, -0.25) is 14.6 Å². The molecular weight excluding hydrogens is 397 g/mol. The Bertz CT molecular complexity index is 844. The Hall–Kier alpha value is -2.64. The monoisotopic (exact) mass is 429 g/mol. The Morgan fingerprint density at radius 1 is 0.968 bits per heavy atom. The van der Waals surface area contributed by atoms with Gasteiger partial charge in [-0.05, 0) is 63.2 Å². The van der Waals surface area contributed by atoms with Crippen LogP contribution < -0.4 is 14.8 Å². The molecule has 0 saturated carbocycles.